The van der Waals surface area contributed by atoms with Gasteiger partial charge in [0.1, 0.15) is 6.07 Å². The van der Waals surface area contributed by atoms with Crippen LogP contribution in [0.3, 0.4) is 0 Å². The minimum absolute atomic E-state index is 0.0270. The molecule has 1 aromatic heterocycles. The Labute approximate surface area is 69.8 Å². The van der Waals surface area contributed by atoms with E-state index in [1.165, 1.54) is 16.3 Å². The van der Waals surface area contributed by atoms with Gasteiger partial charge in [-0.05, 0) is 13.8 Å². The fraction of sp³-hybridized carbons (Fsp3) is 0.571. The summed E-state index contributed by atoms with van der Waals surface area (Å²) in [6, 6.07) is 1.84. The Hall–Kier alpha value is -1.57. The molecule has 0 fully saturated rings. The van der Waals surface area contributed by atoms with E-state index in [1.54, 1.807) is 0 Å². The van der Waals surface area contributed by atoms with Gasteiger partial charge in [-0.2, -0.15) is 5.26 Å². The summed E-state index contributed by atoms with van der Waals surface area (Å²) in [4.78, 5) is 11.3. The zero-order valence-corrected chi connectivity index (χ0v) is 7.27. The van der Waals surface area contributed by atoms with Gasteiger partial charge in [0.05, 0.1) is 0 Å². The van der Waals surface area contributed by atoms with Crippen LogP contribution in [0.2, 0.25) is 0 Å². The van der Waals surface area contributed by atoms with E-state index in [9.17, 15) is 4.79 Å². The van der Waals surface area contributed by atoms with Crippen molar-refractivity contribution in [2.45, 2.75) is 19.9 Å². The highest BCUT2D eigenvalue weighted by Crippen LogP contribution is 2.01. The molecule has 0 saturated heterocycles. The fourth-order valence-corrected chi connectivity index (χ4v) is 1.02. The quantitative estimate of drug-likeness (QED) is 0.591. The summed E-state index contributed by atoms with van der Waals surface area (Å²) in [5.41, 5.74) is -0.249. The van der Waals surface area contributed by atoms with Gasteiger partial charge in [-0.1, -0.05) is 0 Å². The Balaban J connectivity index is 3.44. The first kappa shape index (κ1) is 8.53. The molecule has 0 aliphatic rings. The summed E-state index contributed by atoms with van der Waals surface area (Å²) in [5.74, 6) is 0.164. The lowest BCUT2D eigenvalue weighted by molar-refractivity contribution is 0.562. The van der Waals surface area contributed by atoms with Gasteiger partial charge in [0.15, 0.2) is 0 Å². The molecule has 5 nitrogen and oxygen atoms in total. The Morgan fingerprint density at radius 3 is 2.50 bits per heavy atom. The maximum atomic E-state index is 11.3. The van der Waals surface area contributed by atoms with E-state index in [0.29, 0.717) is 0 Å². The Kier molecular flexibility index (Phi) is 2.00. The molecule has 0 N–H and O–H groups in total. The first-order valence-electron chi connectivity index (χ1n) is 3.63. The van der Waals surface area contributed by atoms with E-state index in [-0.39, 0.29) is 17.6 Å². The summed E-state index contributed by atoms with van der Waals surface area (Å²) < 4.78 is 2.53. The van der Waals surface area contributed by atoms with Gasteiger partial charge in [0, 0.05) is 13.1 Å². The molecule has 0 bridgehead atoms. The van der Waals surface area contributed by atoms with Crippen molar-refractivity contribution >= 4 is 0 Å². The highest BCUT2D eigenvalue weighted by atomic mass is 16.2. The maximum absolute atomic E-state index is 11.3. The van der Waals surface area contributed by atoms with Gasteiger partial charge in [-0.3, -0.25) is 4.57 Å². The summed E-state index contributed by atoms with van der Waals surface area (Å²) in [5, 5.41) is 12.4. The van der Waals surface area contributed by atoms with Crippen molar-refractivity contribution in [3.63, 3.8) is 0 Å². The van der Waals surface area contributed by atoms with Gasteiger partial charge in [0.2, 0.25) is 5.82 Å². The molecule has 0 amide bonds. The average molecular weight is 166 g/mol. The number of aryl methyl sites for hydroxylation is 1. The highest BCUT2D eigenvalue weighted by molar-refractivity contribution is 5.09. The molecule has 1 rings (SSSR count). The van der Waals surface area contributed by atoms with E-state index in [4.69, 9.17) is 5.26 Å². The van der Waals surface area contributed by atoms with E-state index in [1.807, 2.05) is 19.9 Å². The topological polar surface area (TPSA) is 63.6 Å². The summed E-state index contributed by atoms with van der Waals surface area (Å²) in [6.45, 7) is 3.67. The van der Waals surface area contributed by atoms with Crippen LogP contribution < -0.4 is 5.69 Å². The normalized spacial score (nSPS) is 10.2. The Morgan fingerprint density at radius 2 is 2.17 bits per heavy atom. The molecule has 1 aromatic rings. The minimum atomic E-state index is -0.249. The van der Waals surface area contributed by atoms with Crippen molar-refractivity contribution in [1.82, 2.24) is 14.3 Å². The van der Waals surface area contributed by atoms with Crippen LogP contribution in [0.1, 0.15) is 25.7 Å². The van der Waals surface area contributed by atoms with Crippen molar-refractivity contribution in [1.29, 1.82) is 5.26 Å². The minimum Gasteiger partial charge on any atom is -0.264 e. The van der Waals surface area contributed by atoms with Gasteiger partial charge in [-0.15, -0.1) is 5.10 Å². The average Bonchev–Trinajstić information content (AvgIpc) is 2.28. The monoisotopic (exact) mass is 166 g/mol. The molecule has 12 heavy (non-hydrogen) atoms. The van der Waals surface area contributed by atoms with Crippen LogP contribution in [-0.4, -0.2) is 14.3 Å². The fourth-order valence-electron chi connectivity index (χ4n) is 1.02. The first-order chi connectivity index (χ1) is 5.57. The second-order valence-electron chi connectivity index (χ2n) is 2.81. The second kappa shape index (κ2) is 2.81. The largest absolute Gasteiger partial charge is 0.346 e. The molecule has 1 heterocycles. The van der Waals surface area contributed by atoms with Crippen LogP contribution in [-0.2, 0) is 7.05 Å². The van der Waals surface area contributed by atoms with Crippen molar-refractivity contribution in [3.8, 4) is 6.07 Å². The smallest absolute Gasteiger partial charge is 0.264 e. The molecule has 0 atom stereocenters. The Bertz CT molecular complexity index is 379. The predicted octanol–water partition coefficient (Wildman–Crippen LogP) is 0.0344. The van der Waals surface area contributed by atoms with E-state index >= 15 is 0 Å². The molecule has 0 aliphatic heterocycles. The molecule has 0 aromatic carbocycles. The van der Waals surface area contributed by atoms with Crippen molar-refractivity contribution in [3.05, 3.63) is 16.3 Å². The molecule has 0 saturated carbocycles. The van der Waals surface area contributed by atoms with Gasteiger partial charge >= 0.3 is 5.69 Å². The standard InChI is InChI=1S/C7H10N4O/c1-5(2)11-6(4-8)9-10(3)7(11)12/h5H,1-3H3. The van der Waals surface area contributed by atoms with E-state index < -0.39 is 0 Å². The lowest BCUT2D eigenvalue weighted by atomic mass is 10.4. The SMILES string of the molecule is CC(C)n1c(C#N)nn(C)c1=O. The molecule has 0 aliphatic carbocycles. The van der Waals surface area contributed by atoms with Gasteiger partial charge in [0.25, 0.3) is 0 Å². The van der Waals surface area contributed by atoms with Crippen molar-refractivity contribution in [2.24, 2.45) is 7.05 Å². The molecule has 5 heteroatoms. The first-order valence-corrected chi connectivity index (χ1v) is 3.63. The summed E-state index contributed by atoms with van der Waals surface area (Å²) >= 11 is 0. The van der Waals surface area contributed by atoms with Crippen molar-refractivity contribution < 1.29 is 0 Å². The summed E-state index contributed by atoms with van der Waals surface area (Å²) in [7, 11) is 1.53. The third kappa shape index (κ3) is 1.11. The van der Waals surface area contributed by atoms with Crippen LogP contribution in [0.25, 0.3) is 0 Å². The number of nitriles is 1. The predicted molar refractivity (Wildman–Crippen MR) is 42.6 cm³/mol. The molecular weight excluding hydrogens is 156 g/mol. The molecule has 0 unspecified atom stereocenters. The zero-order chi connectivity index (χ0) is 9.30. The number of aromatic nitrogens is 3. The molecule has 64 valence electrons. The van der Waals surface area contributed by atoms with E-state index in [0.717, 1.165) is 0 Å². The van der Waals surface area contributed by atoms with Crippen LogP contribution in [0.15, 0.2) is 4.79 Å². The van der Waals surface area contributed by atoms with Gasteiger partial charge in [-0.25, -0.2) is 9.48 Å². The second-order valence-corrected chi connectivity index (χ2v) is 2.81. The third-order valence-corrected chi connectivity index (χ3v) is 1.57. The zero-order valence-electron chi connectivity index (χ0n) is 7.27. The number of rotatable bonds is 1. The highest BCUT2D eigenvalue weighted by Gasteiger charge is 2.12. The number of hydrogen-bond acceptors (Lipinski definition) is 3. The van der Waals surface area contributed by atoms with E-state index in [2.05, 4.69) is 5.10 Å². The molecule has 0 spiro atoms. The Morgan fingerprint density at radius 1 is 1.58 bits per heavy atom. The molecular formula is C7H10N4O. The van der Waals surface area contributed by atoms with Crippen LogP contribution in [0.5, 0.6) is 0 Å². The van der Waals surface area contributed by atoms with Crippen LogP contribution in [0.4, 0.5) is 0 Å². The lowest BCUT2D eigenvalue weighted by Gasteiger charge is -2.03. The molecule has 0 radical (unpaired) electrons. The number of nitrogens with zero attached hydrogens (tertiary/aromatic N) is 4. The summed E-state index contributed by atoms with van der Waals surface area (Å²) in [6.07, 6.45) is 0. The maximum Gasteiger partial charge on any atom is 0.346 e. The third-order valence-electron chi connectivity index (χ3n) is 1.57. The van der Waals surface area contributed by atoms with Crippen LogP contribution >= 0.6 is 0 Å². The van der Waals surface area contributed by atoms with Gasteiger partial charge < -0.3 is 0 Å². The number of hydrogen-bond donors (Lipinski definition) is 0. The lowest BCUT2D eigenvalue weighted by Crippen LogP contribution is -2.24. The van der Waals surface area contributed by atoms with Crippen LogP contribution in [0, 0.1) is 11.3 Å². The van der Waals surface area contributed by atoms with Crippen molar-refractivity contribution in [2.75, 3.05) is 0 Å².